The molecule has 0 fully saturated rings. The van der Waals surface area contributed by atoms with Gasteiger partial charge in [0.05, 0.1) is 12.3 Å². The SMILES string of the molecule is CCOc1ccccc1Oc1c(N)c(C)nn1C. The second-order valence-electron chi connectivity index (χ2n) is 3.91. The van der Waals surface area contributed by atoms with Gasteiger partial charge in [-0.1, -0.05) is 12.1 Å². The minimum atomic E-state index is 0.527. The van der Waals surface area contributed by atoms with Crippen molar-refractivity contribution in [1.82, 2.24) is 9.78 Å². The van der Waals surface area contributed by atoms with E-state index in [1.165, 1.54) is 0 Å². The zero-order valence-electron chi connectivity index (χ0n) is 10.8. The van der Waals surface area contributed by atoms with Gasteiger partial charge in [-0.3, -0.25) is 0 Å². The molecule has 0 aliphatic heterocycles. The van der Waals surface area contributed by atoms with Crippen LogP contribution in [0.25, 0.3) is 0 Å². The van der Waals surface area contributed by atoms with Gasteiger partial charge in [0.1, 0.15) is 5.69 Å². The first-order valence-electron chi connectivity index (χ1n) is 5.82. The van der Waals surface area contributed by atoms with Crippen LogP contribution in [0.2, 0.25) is 0 Å². The Bertz CT molecular complexity index is 549. The van der Waals surface area contributed by atoms with E-state index in [1.54, 1.807) is 11.7 Å². The van der Waals surface area contributed by atoms with E-state index in [1.807, 2.05) is 38.1 Å². The van der Waals surface area contributed by atoms with Crippen LogP contribution in [0.5, 0.6) is 17.4 Å². The fraction of sp³-hybridized carbons (Fsp3) is 0.308. The molecule has 18 heavy (non-hydrogen) atoms. The van der Waals surface area contributed by atoms with Crippen LogP contribution in [0.1, 0.15) is 12.6 Å². The van der Waals surface area contributed by atoms with E-state index in [2.05, 4.69) is 5.10 Å². The second-order valence-corrected chi connectivity index (χ2v) is 3.91. The second kappa shape index (κ2) is 5.00. The summed E-state index contributed by atoms with van der Waals surface area (Å²) in [7, 11) is 1.79. The van der Waals surface area contributed by atoms with Gasteiger partial charge in [-0.05, 0) is 26.0 Å². The van der Waals surface area contributed by atoms with Gasteiger partial charge in [-0.2, -0.15) is 5.10 Å². The van der Waals surface area contributed by atoms with Crippen LogP contribution < -0.4 is 15.2 Å². The number of ether oxygens (including phenoxy) is 2. The fourth-order valence-electron chi connectivity index (χ4n) is 1.69. The maximum atomic E-state index is 5.93. The Hall–Kier alpha value is -2.17. The number of rotatable bonds is 4. The first-order valence-corrected chi connectivity index (χ1v) is 5.82. The topological polar surface area (TPSA) is 62.3 Å². The number of aromatic nitrogens is 2. The lowest BCUT2D eigenvalue weighted by Gasteiger charge is -2.11. The molecule has 0 saturated carbocycles. The zero-order chi connectivity index (χ0) is 13.1. The molecule has 0 aliphatic carbocycles. The van der Waals surface area contributed by atoms with Crippen molar-refractivity contribution in [3.05, 3.63) is 30.0 Å². The molecule has 1 aromatic heterocycles. The summed E-state index contributed by atoms with van der Waals surface area (Å²) in [6, 6.07) is 7.48. The number of nitrogen functional groups attached to an aromatic ring is 1. The van der Waals surface area contributed by atoms with Crippen LogP contribution in [0.4, 0.5) is 5.69 Å². The molecule has 2 rings (SSSR count). The monoisotopic (exact) mass is 247 g/mol. The van der Waals surface area contributed by atoms with E-state index in [0.29, 0.717) is 29.7 Å². The molecule has 0 aliphatic rings. The highest BCUT2D eigenvalue weighted by Crippen LogP contribution is 2.34. The number of hydrogen-bond donors (Lipinski definition) is 1. The van der Waals surface area contributed by atoms with Gasteiger partial charge in [0, 0.05) is 7.05 Å². The zero-order valence-corrected chi connectivity index (χ0v) is 10.8. The van der Waals surface area contributed by atoms with Crippen LogP contribution in [0.15, 0.2) is 24.3 Å². The molecule has 0 atom stereocenters. The lowest BCUT2D eigenvalue weighted by atomic mass is 10.3. The molecule has 0 amide bonds. The minimum Gasteiger partial charge on any atom is -0.490 e. The van der Waals surface area contributed by atoms with E-state index in [4.69, 9.17) is 15.2 Å². The third kappa shape index (κ3) is 2.25. The highest BCUT2D eigenvalue weighted by molar-refractivity contribution is 5.55. The Morgan fingerprint density at radius 2 is 1.94 bits per heavy atom. The van der Waals surface area contributed by atoms with Crippen molar-refractivity contribution in [2.45, 2.75) is 13.8 Å². The van der Waals surface area contributed by atoms with Crippen molar-refractivity contribution in [2.75, 3.05) is 12.3 Å². The first-order chi connectivity index (χ1) is 8.63. The van der Waals surface area contributed by atoms with E-state index in [-0.39, 0.29) is 0 Å². The van der Waals surface area contributed by atoms with Gasteiger partial charge in [0.25, 0.3) is 0 Å². The number of aryl methyl sites for hydroxylation is 2. The minimum absolute atomic E-state index is 0.527. The van der Waals surface area contributed by atoms with Gasteiger partial charge in [-0.15, -0.1) is 0 Å². The molecule has 5 heteroatoms. The predicted molar refractivity (Wildman–Crippen MR) is 70.0 cm³/mol. The van der Waals surface area contributed by atoms with Gasteiger partial charge in [-0.25, -0.2) is 4.68 Å². The average Bonchev–Trinajstić information content (AvgIpc) is 2.59. The number of hydrogen-bond acceptors (Lipinski definition) is 4. The number of benzene rings is 1. The third-order valence-corrected chi connectivity index (χ3v) is 2.57. The number of anilines is 1. The van der Waals surface area contributed by atoms with E-state index < -0.39 is 0 Å². The number of nitrogens with two attached hydrogens (primary N) is 1. The smallest absolute Gasteiger partial charge is 0.241 e. The third-order valence-electron chi connectivity index (χ3n) is 2.57. The molecule has 0 saturated heterocycles. The molecule has 5 nitrogen and oxygen atoms in total. The maximum absolute atomic E-state index is 5.93. The van der Waals surface area contributed by atoms with Crippen molar-refractivity contribution < 1.29 is 9.47 Å². The van der Waals surface area contributed by atoms with Crippen LogP contribution in [-0.2, 0) is 7.05 Å². The quantitative estimate of drug-likeness (QED) is 0.901. The maximum Gasteiger partial charge on any atom is 0.241 e. The van der Waals surface area contributed by atoms with Crippen molar-refractivity contribution in [1.29, 1.82) is 0 Å². The Balaban J connectivity index is 2.34. The van der Waals surface area contributed by atoms with Gasteiger partial charge in [0.15, 0.2) is 11.5 Å². The molecule has 0 bridgehead atoms. The fourth-order valence-corrected chi connectivity index (χ4v) is 1.69. The highest BCUT2D eigenvalue weighted by atomic mass is 16.5. The molecule has 1 aromatic carbocycles. The average molecular weight is 247 g/mol. The summed E-state index contributed by atoms with van der Waals surface area (Å²) in [5, 5.41) is 4.21. The molecule has 0 spiro atoms. The molecule has 2 N–H and O–H groups in total. The Kier molecular flexibility index (Phi) is 3.41. The Labute approximate surface area is 106 Å². The van der Waals surface area contributed by atoms with Gasteiger partial charge < -0.3 is 15.2 Å². The summed E-state index contributed by atoms with van der Waals surface area (Å²) >= 11 is 0. The molecule has 0 radical (unpaired) electrons. The van der Waals surface area contributed by atoms with Crippen molar-refractivity contribution >= 4 is 5.69 Å². The summed E-state index contributed by atoms with van der Waals surface area (Å²) in [6.45, 7) is 4.36. The molecule has 1 heterocycles. The number of nitrogens with zero attached hydrogens (tertiary/aromatic N) is 2. The standard InChI is InChI=1S/C13H17N3O2/c1-4-17-10-7-5-6-8-11(10)18-13-12(14)9(2)15-16(13)3/h5-8H,4,14H2,1-3H3. The van der Waals surface area contributed by atoms with Gasteiger partial charge in [0.2, 0.25) is 5.88 Å². The molecule has 96 valence electrons. The first kappa shape index (κ1) is 12.3. The van der Waals surface area contributed by atoms with Crippen LogP contribution in [0, 0.1) is 6.92 Å². The summed E-state index contributed by atoms with van der Waals surface area (Å²) in [5.74, 6) is 1.85. The largest absolute Gasteiger partial charge is 0.490 e. The summed E-state index contributed by atoms with van der Waals surface area (Å²) < 4.78 is 12.9. The number of para-hydroxylation sites is 2. The lowest BCUT2D eigenvalue weighted by molar-refractivity contribution is 0.317. The van der Waals surface area contributed by atoms with E-state index >= 15 is 0 Å². The molecule has 2 aromatic rings. The normalized spacial score (nSPS) is 10.4. The van der Waals surface area contributed by atoms with Gasteiger partial charge >= 0.3 is 0 Å². The van der Waals surface area contributed by atoms with Crippen LogP contribution in [-0.4, -0.2) is 16.4 Å². The highest BCUT2D eigenvalue weighted by Gasteiger charge is 2.14. The van der Waals surface area contributed by atoms with Crippen molar-refractivity contribution in [3.8, 4) is 17.4 Å². The van der Waals surface area contributed by atoms with Crippen molar-refractivity contribution in [3.63, 3.8) is 0 Å². The summed E-state index contributed by atoms with van der Waals surface area (Å²) in [4.78, 5) is 0. The van der Waals surface area contributed by atoms with Crippen LogP contribution in [0.3, 0.4) is 0 Å². The lowest BCUT2D eigenvalue weighted by Crippen LogP contribution is -1.99. The molecular formula is C13H17N3O2. The summed E-state index contributed by atoms with van der Waals surface area (Å²) in [6.07, 6.45) is 0. The molecular weight excluding hydrogens is 230 g/mol. The van der Waals surface area contributed by atoms with E-state index in [0.717, 1.165) is 5.69 Å². The Morgan fingerprint density at radius 1 is 1.28 bits per heavy atom. The molecule has 0 unspecified atom stereocenters. The summed E-state index contributed by atoms with van der Waals surface area (Å²) in [5.41, 5.74) is 7.22. The van der Waals surface area contributed by atoms with Crippen molar-refractivity contribution in [2.24, 2.45) is 7.05 Å². The Morgan fingerprint density at radius 3 is 2.50 bits per heavy atom. The van der Waals surface area contributed by atoms with Crippen LogP contribution >= 0.6 is 0 Å². The predicted octanol–water partition coefficient (Wildman–Crippen LogP) is 2.50. The van der Waals surface area contributed by atoms with E-state index in [9.17, 15) is 0 Å².